The van der Waals surface area contributed by atoms with E-state index in [1.165, 1.54) is 21.4 Å². The lowest BCUT2D eigenvalue weighted by molar-refractivity contribution is 0.645. The summed E-state index contributed by atoms with van der Waals surface area (Å²) in [6.07, 6.45) is 1.18. The first-order chi connectivity index (χ1) is 7.72. The summed E-state index contributed by atoms with van der Waals surface area (Å²) >= 11 is 1.93. The molecular formula is C14H19NS. The molecule has 0 atom stereocenters. The van der Waals surface area contributed by atoms with Crippen LogP contribution in [0, 0.1) is 5.92 Å². The topological polar surface area (TPSA) is 12.0 Å². The van der Waals surface area contributed by atoms with Crippen LogP contribution in [0.1, 0.15) is 24.3 Å². The molecule has 2 heteroatoms. The van der Waals surface area contributed by atoms with Gasteiger partial charge in [-0.25, -0.2) is 0 Å². The zero-order valence-corrected chi connectivity index (χ0v) is 11.0. The maximum atomic E-state index is 3.27. The lowest BCUT2D eigenvalue weighted by Crippen LogP contribution is -2.06. The molecule has 0 amide bonds. The Morgan fingerprint density at radius 1 is 1.25 bits per heavy atom. The number of hydrogen-bond donors (Lipinski definition) is 1. The molecule has 86 valence electrons. The van der Waals surface area contributed by atoms with Crippen LogP contribution in [0.4, 0.5) is 0 Å². The van der Waals surface area contributed by atoms with Crippen molar-refractivity contribution in [3.63, 3.8) is 0 Å². The van der Waals surface area contributed by atoms with Gasteiger partial charge in [-0.15, -0.1) is 11.3 Å². The van der Waals surface area contributed by atoms with E-state index in [1.54, 1.807) is 5.56 Å². The van der Waals surface area contributed by atoms with Crippen LogP contribution in [0.5, 0.6) is 0 Å². The van der Waals surface area contributed by atoms with Crippen molar-refractivity contribution in [2.45, 2.75) is 26.8 Å². The van der Waals surface area contributed by atoms with E-state index in [0.717, 1.165) is 6.54 Å². The van der Waals surface area contributed by atoms with E-state index in [1.807, 2.05) is 18.4 Å². The number of nitrogens with one attached hydrogen (secondary N) is 1. The van der Waals surface area contributed by atoms with Crippen LogP contribution in [-0.2, 0) is 13.0 Å². The Hall–Kier alpha value is -0.860. The molecule has 1 aromatic carbocycles. The fraction of sp³-hybridized carbons (Fsp3) is 0.429. The van der Waals surface area contributed by atoms with Crippen molar-refractivity contribution in [2.24, 2.45) is 5.92 Å². The molecule has 2 aromatic rings. The van der Waals surface area contributed by atoms with Gasteiger partial charge >= 0.3 is 0 Å². The third kappa shape index (κ3) is 2.28. The van der Waals surface area contributed by atoms with Crippen LogP contribution in [0.25, 0.3) is 10.1 Å². The molecule has 0 saturated heterocycles. The van der Waals surface area contributed by atoms with Gasteiger partial charge in [-0.1, -0.05) is 32.0 Å². The van der Waals surface area contributed by atoms with Gasteiger partial charge in [0, 0.05) is 16.1 Å². The second-order valence-electron chi connectivity index (χ2n) is 4.63. The van der Waals surface area contributed by atoms with Crippen molar-refractivity contribution in [3.05, 3.63) is 34.7 Å². The van der Waals surface area contributed by atoms with Crippen molar-refractivity contribution in [1.82, 2.24) is 5.32 Å². The van der Waals surface area contributed by atoms with Crippen LogP contribution >= 0.6 is 11.3 Å². The molecule has 0 aliphatic carbocycles. The first-order valence-corrected chi connectivity index (χ1v) is 6.68. The van der Waals surface area contributed by atoms with Gasteiger partial charge in [0.2, 0.25) is 0 Å². The van der Waals surface area contributed by atoms with E-state index >= 15 is 0 Å². The van der Waals surface area contributed by atoms with Crippen LogP contribution in [-0.4, -0.2) is 7.05 Å². The summed E-state index contributed by atoms with van der Waals surface area (Å²) in [6.45, 7) is 5.56. The number of rotatable bonds is 4. The van der Waals surface area contributed by atoms with E-state index in [-0.39, 0.29) is 0 Å². The van der Waals surface area contributed by atoms with Crippen LogP contribution in [0.2, 0.25) is 0 Å². The standard InChI is InChI=1S/C14H19NS/c1-10(2)8-12-11-6-4-5-7-13(11)16-14(12)9-15-3/h4-7,10,15H,8-9H2,1-3H3. The molecule has 16 heavy (non-hydrogen) atoms. The Morgan fingerprint density at radius 3 is 2.69 bits per heavy atom. The fourth-order valence-electron chi connectivity index (χ4n) is 2.08. The van der Waals surface area contributed by atoms with Gasteiger partial charge < -0.3 is 5.32 Å². The maximum absolute atomic E-state index is 3.27. The van der Waals surface area contributed by atoms with Crippen molar-refractivity contribution < 1.29 is 0 Å². The predicted octanol–water partition coefficient (Wildman–Crippen LogP) is 3.82. The van der Waals surface area contributed by atoms with Crippen molar-refractivity contribution in [1.29, 1.82) is 0 Å². The lowest BCUT2D eigenvalue weighted by atomic mass is 10.00. The average molecular weight is 233 g/mol. The average Bonchev–Trinajstić information content (AvgIpc) is 2.57. The quantitative estimate of drug-likeness (QED) is 0.846. The Bertz CT molecular complexity index is 471. The number of thiophene rings is 1. The number of hydrogen-bond acceptors (Lipinski definition) is 2. The summed E-state index contributed by atoms with van der Waals surface area (Å²) in [5.41, 5.74) is 1.55. The highest BCUT2D eigenvalue weighted by Gasteiger charge is 2.12. The Labute approximate surface area is 101 Å². The molecular weight excluding hydrogens is 214 g/mol. The Balaban J connectivity index is 2.50. The summed E-state index contributed by atoms with van der Waals surface area (Å²) in [4.78, 5) is 1.50. The van der Waals surface area contributed by atoms with Gasteiger partial charge in [-0.05, 0) is 36.4 Å². The monoisotopic (exact) mass is 233 g/mol. The van der Waals surface area contributed by atoms with Gasteiger partial charge in [0.25, 0.3) is 0 Å². The second-order valence-corrected chi connectivity index (χ2v) is 5.77. The summed E-state index contributed by atoms with van der Waals surface area (Å²) in [6, 6.07) is 8.74. The SMILES string of the molecule is CNCc1sc2ccccc2c1CC(C)C. The summed E-state index contributed by atoms with van der Waals surface area (Å²) < 4.78 is 1.42. The minimum absolute atomic E-state index is 0.716. The smallest absolute Gasteiger partial charge is 0.0349 e. The van der Waals surface area contributed by atoms with Gasteiger partial charge in [0.15, 0.2) is 0 Å². The van der Waals surface area contributed by atoms with Crippen molar-refractivity contribution in [2.75, 3.05) is 7.05 Å². The summed E-state index contributed by atoms with van der Waals surface area (Å²) in [5, 5.41) is 4.72. The summed E-state index contributed by atoms with van der Waals surface area (Å²) in [5.74, 6) is 0.716. The van der Waals surface area contributed by atoms with E-state index in [9.17, 15) is 0 Å². The highest BCUT2D eigenvalue weighted by molar-refractivity contribution is 7.19. The lowest BCUT2D eigenvalue weighted by Gasteiger charge is -2.07. The molecule has 0 spiro atoms. The molecule has 0 bridgehead atoms. The van der Waals surface area contributed by atoms with E-state index < -0.39 is 0 Å². The summed E-state index contributed by atoms with van der Waals surface area (Å²) in [7, 11) is 2.02. The second kappa shape index (κ2) is 4.98. The molecule has 0 saturated carbocycles. The van der Waals surface area contributed by atoms with Crippen LogP contribution in [0.3, 0.4) is 0 Å². The van der Waals surface area contributed by atoms with Crippen molar-refractivity contribution >= 4 is 21.4 Å². The van der Waals surface area contributed by atoms with Gasteiger partial charge in [0.05, 0.1) is 0 Å². The highest BCUT2D eigenvalue weighted by atomic mass is 32.1. The molecule has 0 radical (unpaired) electrons. The van der Waals surface area contributed by atoms with Crippen LogP contribution in [0.15, 0.2) is 24.3 Å². The van der Waals surface area contributed by atoms with Gasteiger partial charge in [-0.2, -0.15) is 0 Å². The molecule has 0 aliphatic rings. The highest BCUT2D eigenvalue weighted by Crippen LogP contribution is 2.32. The minimum atomic E-state index is 0.716. The maximum Gasteiger partial charge on any atom is 0.0349 e. The molecule has 1 aromatic heterocycles. The molecule has 0 aliphatic heterocycles. The minimum Gasteiger partial charge on any atom is -0.315 e. The van der Waals surface area contributed by atoms with Gasteiger partial charge in [0.1, 0.15) is 0 Å². The zero-order chi connectivity index (χ0) is 11.5. The van der Waals surface area contributed by atoms with Gasteiger partial charge in [-0.3, -0.25) is 0 Å². The normalized spacial score (nSPS) is 11.5. The first kappa shape index (κ1) is 11.6. The Morgan fingerprint density at radius 2 is 2.00 bits per heavy atom. The number of benzene rings is 1. The molecule has 0 fully saturated rings. The van der Waals surface area contributed by atoms with E-state index in [0.29, 0.717) is 5.92 Å². The predicted molar refractivity (Wildman–Crippen MR) is 73.1 cm³/mol. The third-order valence-corrected chi connectivity index (χ3v) is 3.94. The fourth-order valence-corrected chi connectivity index (χ4v) is 3.33. The molecule has 1 nitrogen and oxygen atoms in total. The third-order valence-electron chi connectivity index (χ3n) is 2.73. The van der Waals surface area contributed by atoms with Crippen LogP contribution < -0.4 is 5.32 Å². The van der Waals surface area contributed by atoms with E-state index in [4.69, 9.17) is 0 Å². The molecule has 2 rings (SSSR count). The Kier molecular flexibility index (Phi) is 3.62. The van der Waals surface area contributed by atoms with E-state index in [2.05, 4.69) is 43.4 Å². The van der Waals surface area contributed by atoms with Crippen molar-refractivity contribution in [3.8, 4) is 0 Å². The molecule has 1 heterocycles. The first-order valence-electron chi connectivity index (χ1n) is 5.86. The number of fused-ring (bicyclic) bond motifs is 1. The largest absolute Gasteiger partial charge is 0.315 e. The molecule has 0 unspecified atom stereocenters. The zero-order valence-electron chi connectivity index (χ0n) is 10.2. The molecule has 1 N–H and O–H groups in total.